The van der Waals surface area contributed by atoms with Crippen molar-refractivity contribution in [2.24, 2.45) is 4.99 Å². The van der Waals surface area contributed by atoms with Gasteiger partial charge in [-0.2, -0.15) is 0 Å². The zero-order chi connectivity index (χ0) is 18.4. The van der Waals surface area contributed by atoms with Crippen molar-refractivity contribution in [3.05, 3.63) is 30.1 Å². The largest absolute Gasteiger partial charge is 0.489 e. The maximum Gasteiger partial charge on any atom is 0.191 e. The lowest BCUT2D eigenvalue weighted by atomic mass is 10.1. The third kappa shape index (κ3) is 5.32. The summed E-state index contributed by atoms with van der Waals surface area (Å²) in [7, 11) is 0. The Balaban J connectivity index is 1.47. The van der Waals surface area contributed by atoms with Crippen molar-refractivity contribution < 1.29 is 9.13 Å². The van der Waals surface area contributed by atoms with Crippen LogP contribution in [0.1, 0.15) is 13.8 Å². The minimum atomic E-state index is -0.259. The highest BCUT2D eigenvalue weighted by molar-refractivity contribution is 5.79. The average molecular weight is 363 g/mol. The highest BCUT2D eigenvalue weighted by Gasteiger charge is 2.31. The summed E-state index contributed by atoms with van der Waals surface area (Å²) >= 11 is 0. The average Bonchev–Trinajstić information content (AvgIpc) is 2.67. The van der Waals surface area contributed by atoms with Crippen LogP contribution in [0.25, 0.3) is 0 Å². The van der Waals surface area contributed by atoms with Gasteiger partial charge >= 0.3 is 0 Å². The Hall–Kier alpha value is -1.86. The second-order valence-electron chi connectivity index (χ2n) is 6.97. The minimum absolute atomic E-state index is 0.0866. The molecule has 26 heavy (non-hydrogen) atoms. The number of ether oxygens (including phenoxy) is 1. The third-order valence-electron chi connectivity index (χ3n) is 4.90. The second-order valence-corrected chi connectivity index (χ2v) is 6.97. The van der Waals surface area contributed by atoms with Gasteiger partial charge in [0.25, 0.3) is 0 Å². The summed E-state index contributed by atoms with van der Waals surface area (Å²) in [6.45, 7) is 12.2. The molecular weight excluding hydrogens is 333 g/mol. The number of nitrogens with one attached hydrogen (secondary N) is 2. The van der Waals surface area contributed by atoms with Crippen LogP contribution in [0.15, 0.2) is 29.3 Å². The van der Waals surface area contributed by atoms with Crippen LogP contribution < -0.4 is 15.4 Å². The van der Waals surface area contributed by atoms with Gasteiger partial charge in [0.15, 0.2) is 5.96 Å². The van der Waals surface area contributed by atoms with Gasteiger partial charge in [0, 0.05) is 51.9 Å². The molecule has 6 nitrogen and oxygen atoms in total. The molecule has 2 atom stereocenters. The van der Waals surface area contributed by atoms with Gasteiger partial charge in [-0.3, -0.25) is 9.80 Å². The van der Waals surface area contributed by atoms with Gasteiger partial charge in [0.2, 0.25) is 0 Å². The fourth-order valence-electron chi connectivity index (χ4n) is 3.48. The highest BCUT2D eigenvalue weighted by Crippen LogP contribution is 2.15. The first-order valence-electron chi connectivity index (χ1n) is 9.55. The number of fused-ring (bicyclic) bond motifs is 3. The second kappa shape index (κ2) is 9.19. The smallest absolute Gasteiger partial charge is 0.191 e. The number of nitrogens with zero attached hydrogens (tertiary/aromatic N) is 3. The number of halogens is 1. The summed E-state index contributed by atoms with van der Waals surface area (Å²) in [6.07, 6.45) is -0.0866. The molecule has 3 aliphatic heterocycles. The predicted molar refractivity (Wildman–Crippen MR) is 102 cm³/mol. The van der Waals surface area contributed by atoms with E-state index < -0.39 is 0 Å². The number of hydrogen-bond acceptors (Lipinski definition) is 4. The Morgan fingerprint density at radius 3 is 2.58 bits per heavy atom. The molecule has 0 saturated carbocycles. The van der Waals surface area contributed by atoms with Gasteiger partial charge in [-0.15, -0.1) is 0 Å². The van der Waals surface area contributed by atoms with E-state index in [1.165, 1.54) is 38.3 Å². The molecule has 7 heteroatoms. The van der Waals surface area contributed by atoms with Gasteiger partial charge in [-0.1, -0.05) is 0 Å². The summed E-state index contributed by atoms with van der Waals surface area (Å²) in [5.74, 6) is 1.22. The molecule has 3 fully saturated rings. The van der Waals surface area contributed by atoms with E-state index in [1.54, 1.807) is 12.1 Å². The SMILES string of the molecule is CCNC(=NCC(C)Oc1ccc(F)cc1)NCC1CN2CCN1CC2. The molecule has 144 valence electrons. The van der Waals surface area contributed by atoms with E-state index in [0.717, 1.165) is 25.6 Å². The van der Waals surface area contributed by atoms with E-state index in [1.807, 2.05) is 6.92 Å². The van der Waals surface area contributed by atoms with Crippen LogP contribution in [0.3, 0.4) is 0 Å². The van der Waals surface area contributed by atoms with Gasteiger partial charge in [0.1, 0.15) is 17.7 Å². The fraction of sp³-hybridized carbons (Fsp3) is 0.632. The number of guanidine groups is 1. The fourth-order valence-corrected chi connectivity index (χ4v) is 3.48. The van der Waals surface area contributed by atoms with Crippen molar-refractivity contribution in [3.63, 3.8) is 0 Å². The molecular formula is C19H30FN5O. The molecule has 3 saturated heterocycles. The first-order chi connectivity index (χ1) is 12.6. The van der Waals surface area contributed by atoms with Crippen LogP contribution in [0.4, 0.5) is 4.39 Å². The number of aliphatic imine (C=N–C) groups is 1. The van der Waals surface area contributed by atoms with Crippen molar-refractivity contribution in [1.82, 2.24) is 20.4 Å². The summed E-state index contributed by atoms with van der Waals surface area (Å²) in [5.41, 5.74) is 0. The molecule has 1 aromatic rings. The number of benzene rings is 1. The molecule has 3 heterocycles. The molecule has 2 unspecified atom stereocenters. The molecule has 0 radical (unpaired) electrons. The number of hydrogen-bond donors (Lipinski definition) is 2. The van der Waals surface area contributed by atoms with Crippen LogP contribution in [0.5, 0.6) is 5.75 Å². The van der Waals surface area contributed by atoms with Gasteiger partial charge in [-0.25, -0.2) is 9.38 Å². The lowest BCUT2D eigenvalue weighted by Crippen LogP contribution is -2.63. The van der Waals surface area contributed by atoms with Crippen LogP contribution in [-0.2, 0) is 0 Å². The Morgan fingerprint density at radius 1 is 1.23 bits per heavy atom. The summed E-state index contributed by atoms with van der Waals surface area (Å²) in [5, 5.41) is 6.76. The van der Waals surface area contributed by atoms with Crippen molar-refractivity contribution in [2.45, 2.75) is 26.0 Å². The van der Waals surface area contributed by atoms with E-state index in [2.05, 4.69) is 32.3 Å². The van der Waals surface area contributed by atoms with Crippen molar-refractivity contribution in [2.75, 3.05) is 52.4 Å². The summed E-state index contributed by atoms with van der Waals surface area (Å²) in [4.78, 5) is 9.74. The Labute approximate surface area is 155 Å². The summed E-state index contributed by atoms with van der Waals surface area (Å²) < 4.78 is 18.7. The van der Waals surface area contributed by atoms with Crippen LogP contribution in [0, 0.1) is 5.82 Å². The van der Waals surface area contributed by atoms with Crippen LogP contribution in [0.2, 0.25) is 0 Å². The van der Waals surface area contributed by atoms with Crippen molar-refractivity contribution in [1.29, 1.82) is 0 Å². The van der Waals surface area contributed by atoms with Crippen LogP contribution in [-0.4, -0.2) is 80.3 Å². The molecule has 2 bridgehead atoms. The monoisotopic (exact) mass is 363 g/mol. The molecule has 1 aromatic carbocycles. The lowest BCUT2D eigenvalue weighted by molar-refractivity contribution is 0.0154. The Morgan fingerprint density at radius 2 is 1.96 bits per heavy atom. The molecule has 3 aliphatic rings. The topological polar surface area (TPSA) is 52.1 Å². The van der Waals surface area contributed by atoms with E-state index in [0.29, 0.717) is 18.3 Å². The number of piperazine rings is 3. The van der Waals surface area contributed by atoms with Crippen LogP contribution >= 0.6 is 0 Å². The van der Waals surface area contributed by atoms with E-state index >= 15 is 0 Å². The molecule has 0 aliphatic carbocycles. The molecule has 0 spiro atoms. The predicted octanol–water partition coefficient (Wildman–Crippen LogP) is 1.15. The molecule has 2 N–H and O–H groups in total. The zero-order valence-corrected chi connectivity index (χ0v) is 15.7. The van der Waals surface area contributed by atoms with E-state index in [4.69, 9.17) is 4.74 Å². The van der Waals surface area contributed by atoms with Crippen molar-refractivity contribution >= 4 is 5.96 Å². The van der Waals surface area contributed by atoms with E-state index in [9.17, 15) is 4.39 Å². The standard InChI is InChI=1S/C19H30FN5O/c1-3-21-19(23-13-17-14-24-8-10-25(17)11-9-24)22-12-15(2)26-18-6-4-16(20)5-7-18/h4-7,15,17H,3,8-14H2,1-2H3,(H2,21,22,23). The van der Waals surface area contributed by atoms with Gasteiger partial charge in [-0.05, 0) is 38.1 Å². The quantitative estimate of drug-likeness (QED) is 0.562. The third-order valence-corrected chi connectivity index (χ3v) is 4.90. The normalized spacial score (nSPS) is 26.4. The maximum absolute atomic E-state index is 13.0. The van der Waals surface area contributed by atoms with Gasteiger partial charge in [0.05, 0.1) is 6.54 Å². The first-order valence-corrected chi connectivity index (χ1v) is 9.55. The highest BCUT2D eigenvalue weighted by atomic mass is 19.1. The zero-order valence-electron chi connectivity index (χ0n) is 15.7. The molecule has 0 aromatic heterocycles. The van der Waals surface area contributed by atoms with Crippen molar-refractivity contribution in [3.8, 4) is 5.75 Å². The molecule has 4 rings (SSSR count). The minimum Gasteiger partial charge on any atom is -0.489 e. The number of rotatable bonds is 7. The first kappa shape index (κ1) is 18.9. The Kier molecular flexibility index (Phi) is 6.68. The van der Waals surface area contributed by atoms with E-state index in [-0.39, 0.29) is 11.9 Å². The lowest BCUT2D eigenvalue weighted by Gasteiger charge is -2.47. The maximum atomic E-state index is 13.0. The Bertz CT molecular complexity index is 586. The van der Waals surface area contributed by atoms with Gasteiger partial charge < -0.3 is 15.4 Å². The molecule has 0 amide bonds. The summed E-state index contributed by atoms with van der Waals surface area (Å²) in [6, 6.07) is 6.64.